The number of hydrogen-bond acceptors (Lipinski definition) is 9. The summed E-state index contributed by atoms with van der Waals surface area (Å²) in [5, 5.41) is 9.91. The van der Waals surface area contributed by atoms with Crippen LogP contribution in [0.25, 0.3) is 0 Å². The predicted octanol–water partition coefficient (Wildman–Crippen LogP) is 4.83. The molecule has 0 fully saturated rings. The Labute approximate surface area is 292 Å². The number of nitrogens with one attached hydrogen (secondary N) is 1. The molecule has 4 aromatic carbocycles. The van der Waals surface area contributed by atoms with Gasteiger partial charge in [0.1, 0.15) is 29.0 Å². The lowest BCUT2D eigenvalue weighted by Gasteiger charge is -2.31. The number of sulfonamides is 2. The van der Waals surface area contributed by atoms with E-state index >= 15 is 0 Å². The summed E-state index contributed by atoms with van der Waals surface area (Å²) in [7, 11) is -6.00. The van der Waals surface area contributed by atoms with Crippen LogP contribution >= 0.6 is 0 Å². The molecule has 2 N–H and O–H groups in total. The van der Waals surface area contributed by atoms with Crippen LogP contribution in [-0.4, -0.2) is 61.1 Å². The maximum Gasteiger partial charge on any atom is 0.324 e. The molecule has 0 spiro atoms. The molecule has 0 aromatic heterocycles. The first-order valence-corrected chi connectivity index (χ1v) is 18.6. The fourth-order valence-electron chi connectivity index (χ4n) is 6.57. The number of methoxy groups -OCH3 is 2. The number of carboxylic acids is 1. The van der Waals surface area contributed by atoms with Gasteiger partial charge in [0.25, 0.3) is 26.0 Å². The van der Waals surface area contributed by atoms with Crippen LogP contribution in [0.1, 0.15) is 39.4 Å². The summed E-state index contributed by atoms with van der Waals surface area (Å²) in [5.41, 5.74) is 4.08. The van der Waals surface area contributed by atoms with Crippen LogP contribution in [0.5, 0.6) is 11.5 Å². The van der Waals surface area contributed by atoms with E-state index in [0.717, 1.165) is 15.4 Å². The summed E-state index contributed by atoms with van der Waals surface area (Å²) in [6.45, 7) is 6.30. The third-order valence-corrected chi connectivity index (χ3v) is 12.0. The highest BCUT2D eigenvalue weighted by Crippen LogP contribution is 2.42. The fraction of sp³-hybridized carbons (Fsp3) is 0.278. The molecule has 0 saturated carbocycles. The van der Waals surface area contributed by atoms with Crippen molar-refractivity contribution in [3.8, 4) is 11.5 Å². The molecule has 0 saturated heterocycles. The van der Waals surface area contributed by atoms with E-state index in [1.54, 1.807) is 86.3 Å². The summed E-state index contributed by atoms with van der Waals surface area (Å²) < 4.78 is 69.7. The molecule has 5 rings (SSSR count). The van der Waals surface area contributed by atoms with Gasteiger partial charge in [0.2, 0.25) is 0 Å². The lowest BCUT2D eigenvalue weighted by Crippen LogP contribution is -2.42. The van der Waals surface area contributed by atoms with E-state index in [2.05, 4.69) is 4.72 Å². The topological polar surface area (TPSA) is 160 Å². The number of fused-ring (bicyclic) bond motifs is 1. The normalized spacial score (nSPS) is 13.4. The number of anilines is 2. The number of ether oxygens (including phenoxy) is 2. The van der Waals surface area contributed by atoms with E-state index in [9.17, 15) is 31.5 Å². The summed E-state index contributed by atoms with van der Waals surface area (Å²) in [6, 6.07) is 18.2. The van der Waals surface area contributed by atoms with Crippen LogP contribution < -0.4 is 23.4 Å². The van der Waals surface area contributed by atoms with E-state index in [1.165, 1.54) is 26.4 Å². The highest BCUT2D eigenvalue weighted by molar-refractivity contribution is 7.93. The van der Waals surface area contributed by atoms with Crippen molar-refractivity contribution in [2.75, 3.05) is 36.5 Å². The minimum Gasteiger partial charge on any atom is -0.497 e. The van der Waals surface area contributed by atoms with Gasteiger partial charge >= 0.3 is 5.97 Å². The van der Waals surface area contributed by atoms with Crippen molar-refractivity contribution in [1.29, 1.82) is 0 Å². The zero-order valence-corrected chi connectivity index (χ0v) is 30.2. The number of carbonyl (C=O) groups excluding carboxylic acids is 1. The van der Waals surface area contributed by atoms with Crippen LogP contribution in [0.15, 0.2) is 82.6 Å². The first-order chi connectivity index (χ1) is 23.6. The second-order valence-corrected chi connectivity index (χ2v) is 15.6. The number of rotatable bonds is 12. The third-order valence-electron chi connectivity index (χ3n) is 8.55. The van der Waals surface area contributed by atoms with Crippen molar-refractivity contribution in [3.05, 3.63) is 106 Å². The SMILES string of the molecule is COc1cccc(C(C(=O)NS(=O)(=O)c2ccc(C)cc2OC)N2CCc3c2cccc3N(CC(=O)O)S(=O)(=O)c2c(C)cc(C)cc2C)c1. The summed E-state index contributed by atoms with van der Waals surface area (Å²) in [6.07, 6.45) is 0.231. The van der Waals surface area contributed by atoms with Gasteiger partial charge in [-0.15, -0.1) is 0 Å². The Kier molecular flexibility index (Phi) is 10.2. The van der Waals surface area contributed by atoms with Gasteiger partial charge in [0.05, 0.1) is 24.8 Å². The maximum absolute atomic E-state index is 14.3. The van der Waals surface area contributed by atoms with Crippen molar-refractivity contribution in [2.24, 2.45) is 0 Å². The number of aliphatic carboxylic acids is 1. The van der Waals surface area contributed by atoms with Gasteiger partial charge in [-0.05, 0) is 92.8 Å². The van der Waals surface area contributed by atoms with Crippen molar-refractivity contribution >= 4 is 43.3 Å². The average molecular weight is 722 g/mol. The first-order valence-electron chi connectivity index (χ1n) is 15.6. The number of carbonyl (C=O) groups is 2. The van der Waals surface area contributed by atoms with Crippen molar-refractivity contribution in [1.82, 2.24) is 4.72 Å². The average Bonchev–Trinajstić information content (AvgIpc) is 3.46. The van der Waals surface area contributed by atoms with Gasteiger partial charge in [-0.3, -0.25) is 13.9 Å². The fourth-order valence-corrected chi connectivity index (χ4v) is 9.58. The molecule has 1 aliphatic heterocycles. The monoisotopic (exact) mass is 721 g/mol. The zero-order valence-electron chi connectivity index (χ0n) is 28.6. The predicted molar refractivity (Wildman–Crippen MR) is 189 cm³/mol. The van der Waals surface area contributed by atoms with Gasteiger partial charge in [-0.1, -0.05) is 42.0 Å². The quantitative estimate of drug-likeness (QED) is 0.208. The molecule has 12 nitrogen and oxygen atoms in total. The number of carboxylic acid groups (broad SMARTS) is 1. The molecule has 0 aliphatic carbocycles. The molecular weight excluding hydrogens is 683 g/mol. The molecule has 1 amide bonds. The second-order valence-electron chi connectivity index (χ2n) is 12.2. The van der Waals surface area contributed by atoms with Crippen LogP contribution in [0.2, 0.25) is 0 Å². The molecule has 264 valence electrons. The van der Waals surface area contributed by atoms with Crippen molar-refractivity contribution in [3.63, 3.8) is 0 Å². The number of benzene rings is 4. The van der Waals surface area contributed by atoms with Crippen molar-refractivity contribution in [2.45, 2.75) is 49.9 Å². The Morgan fingerprint density at radius 1 is 0.880 bits per heavy atom. The molecule has 14 heteroatoms. The minimum absolute atomic E-state index is 0.0159. The third kappa shape index (κ3) is 6.98. The molecule has 50 heavy (non-hydrogen) atoms. The molecule has 4 aromatic rings. The van der Waals surface area contributed by atoms with Crippen LogP contribution in [0.4, 0.5) is 11.4 Å². The number of aryl methyl sites for hydroxylation is 4. The molecule has 1 heterocycles. The van der Waals surface area contributed by atoms with Crippen LogP contribution in [-0.2, 0) is 36.1 Å². The van der Waals surface area contributed by atoms with E-state index in [4.69, 9.17) is 9.47 Å². The van der Waals surface area contributed by atoms with Gasteiger partial charge < -0.3 is 19.5 Å². The minimum atomic E-state index is -4.43. The zero-order chi connectivity index (χ0) is 36.5. The Balaban J connectivity index is 1.63. The highest BCUT2D eigenvalue weighted by atomic mass is 32.2. The number of nitrogens with zero attached hydrogens (tertiary/aromatic N) is 2. The molecular formula is C36H39N3O9S2. The molecule has 1 atom stereocenters. The number of amides is 1. The molecule has 0 bridgehead atoms. The Morgan fingerprint density at radius 3 is 2.20 bits per heavy atom. The first kappa shape index (κ1) is 36.2. The molecule has 0 radical (unpaired) electrons. The highest BCUT2D eigenvalue weighted by Gasteiger charge is 2.39. The summed E-state index contributed by atoms with van der Waals surface area (Å²) in [4.78, 5) is 27.8. The smallest absolute Gasteiger partial charge is 0.324 e. The van der Waals surface area contributed by atoms with Gasteiger partial charge in [0, 0.05) is 17.8 Å². The van der Waals surface area contributed by atoms with Gasteiger partial charge in [-0.25, -0.2) is 21.6 Å². The maximum atomic E-state index is 14.3. The number of hydrogen-bond donors (Lipinski definition) is 2. The Hall–Kier alpha value is -5.08. The Bertz CT molecular complexity index is 2180. The van der Waals surface area contributed by atoms with E-state index < -0.39 is 44.5 Å². The van der Waals surface area contributed by atoms with Crippen molar-refractivity contribution < 1.29 is 41.0 Å². The second kappa shape index (κ2) is 14.0. The van der Waals surface area contributed by atoms with E-state index in [-0.39, 0.29) is 34.2 Å². The Morgan fingerprint density at radius 2 is 1.56 bits per heavy atom. The largest absolute Gasteiger partial charge is 0.497 e. The van der Waals surface area contributed by atoms with Gasteiger partial charge in [0.15, 0.2) is 0 Å². The lowest BCUT2D eigenvalue weighted by atomic mass is 10.0. The molecule has 1 unspecified atom stereocenters. The van der Waals surface area contributed by atoms with Gasteiger partial charge in [-0.2, -0.15) is 0 Å². The van der Waals surface area contributed by atoms with E-state index in [1.807, 2.05) is 6.92 Å². The summed E-state index contributed by atoms with van der Waals surface area (Å²) >= 11 is 0. The molecule has 1 aliphatic rings. The summed E-state index contributed by atoms with van der Waals surface area (Å²) in [5.74, 6) is -1.73. The van der Waals surface area contributed by atoms with Crippen LogP contribution in [0.3, 0.4) is 0 Å². The van der Waals surface area contributed by atoms with Crippen LogP contribution in [0, 0.1) is 27.7 Å². The lowest BCUT2D eigenvalue weighted by molar-refractivity contribution is -0.135. The standard InChI is InChI=1S/C36H39N3O9S2/c1-22-13-14-32(31(19-22)48-6)49(43,44)37-36(42)34(26-9-7-10-27(20-26)47-5)38-16-15-28-29(38)11-8-12-30(28)39(21-33(40)41)50(45,46)35-24(3)17-23(2)18-25(35)4/h7-14,17-20,34H,15-16,21H2,1-6H3,(H,37,42)(H,40,41). The van der Waals surface area contributed by atoms with E-state index in [0.29, 0.717) is 33.7 Å².